The first-order valence-corrected chi connectivity index (χ1v) is 7.91. The first kappa shape index (κ1) is 18.8. The average Bonchev–Trinajstić information content (AvgIpc) is 3.04. The van der Waals surface area contributed by atoms with E-state index in [-0.39, 0.29) is 24.0 Å². The second kappa shape index (κ2) is 11.3. The third-order valence-electron chi connectivity index (χ3n) is 2.86. The molecule has 22 heavy (non-hydrogen) atoms. The lowest BCUT2D eigenvalue weighted by atomic mass is 10.3. The molecule has 0 aliphatic heterocycles. The van der Waals surface area contributed by atoms with Gasteiger partial charge in [-0.15, -0.1) is 35.3 Å². The summed E-state index contributed by atoms with van der Waals surface area (Å²) in [5.41, 5.74) is 0. The fourth-order valence-corrected chi connectivity index (χ4v) is 2.43. The lowest BCUT2D eigenvalue weighted by molar-refractivity contribution is 0.311. The van der Waals surface area contributed by atoms with Crippen LogP contribution in [0.25, 0.3) is 0 Å². The van der Waals surface area contributed by atoms with Gasteiger partial charge >= 0.3 is 0 Å². The van der Waals surface area contributed by atoms with Crippen LogP contribution < -0.4 is 15.4 Å². The molecule has 2 aromatic rings. The molecule has 0 spiro atoms. The van der Waals surface area contributed by atoms with Crippen molar-refractivity contribution in [3.63, 3.8) is 0 Å². The number of rotatable bonds is 7. The molecule has 0 unspecified atom stereocenters. The predicted octanol–water partition coefficient (Wildman–Crippen LogP) is 3.50. The number of aliphatic imine (C=N–C) groups is 1. The quantitative estimate of drug-likeness (QED) is 0.305. The minimum atomic E-state index is 0. The summed E-state index contributed by atoms with van der Waals surface area (Å²) >= 11 is 1.74. The number of nitrogens with one attached hydrogen (secondary N) is 2. The molecule has 2 rings (SSSR count). The van der Waals surface area contributed by atoms with E-state index < -0.39 is 0 Å². The first-order chi connectivity index (χ1) is 10.4. The number of halogens is 1. The van der Waals surface area contributed by atoms with Crippen molar-refractivity contribution in [1.82, 2.24) is 10.6 Å². The average molecular weight is 431 g/mol. The molecule has 2 N–H and O–H groups in total. The van der Waals surface area contributed by atoms with Gasteiger partial charge < -0.3 is 15.4 Å². The van der Waals surface area contributed by atoms with Crippen LogP contribution in [0.1, 0.15) is 11.3 Å². The Kier molecular flexibility index (Phi) is 9.65. The van der Waals surface area contributed by atoms with Crippen LogP contribution in [0.2, 0.25) is 0 Å². The van der Waals surface area contributed by atoms with Crippen molar-refractivity contribution >= 4 is 41.3 Å². The highest BCUT2D eigenvalue weighted by molar-refractivity contribution is 14.0. The van der Waals surface area contributed by atoms with Crippen LogP contribution in [-0.4, -0.2) is 26.2 Å². The van der Waals surface area contributed by atoms with Gasteiger partial charge in [0.1, 0.15) is 5.75 Å². The predicted molar refractivity (Wildman–Crippen MR) is 104 cm³/mol. The number of thiophene rings is 1. The monoisotopic (exact) mass is 431 g/mol. The molecule has 0 amide bonds. The Bertz CT molecular complexity index is 532. The summed E-state index contributed by atoms with van der Waals surface area (Å²) in [5, 5.41) is 8.65. The Morgan fingerprint density at radius 1 is 1.14 bits per heavy atom. The molecule has 1 heterocycles. The van der Waals surface area contributed by atoms with E-state index in [1.54, 1.807) is 18.4 Å². The standard InChI is InChI=1S/C16H21N3OS.HI/c1-17-16(19-13-15-9-5-12-21-15)18-10-6-11-20-14-7-3-2-4-8-14;/h2-5,7-9,12H,6,10-11,13H2,1H3,(H2,17,18,19);1H. The van der Waals surface area contributed by atoms with Crippen LogP contribution in [-0.2, 0) is 6.54 Å². The Balaban J connectivity index is 0.00000242. The van der Waals surface area contributed by atoms with Crippen LogP contribution in [0.4, 0.5) is 0 Å². The number of nitrogens with zero attached hydrogens (tertiary/aromatic N) is 1. The van der Waals surface area contributed by atoms with Crippen molar-refractivity contribution < 1.29 is 4.74 Å². The summed E-state index contributed by atoms with van der Waals surface area (Å²) in [5.74, 6) is 1.74. The van der Waals surface area contributed by atoms with Crippen LogP contribution in [0.15, 0.2) is 52.8 Å². The summed E-state index contributed by atoms with van der Waals surface area (Å²) in [6, 6.07) is 14.0. The van der Waals surface area contributed by atoms with Gasteiger partial charge in [0.15, 0.2) is 5.96 Å². The van der Waals surface area contributed by atoms with Gasteiger partial charge in [-0.1, -0.05) is 24.3 Å². The van der Waals surface area contributed by atoms with Crippen molar-refractivity contribution in [2.45, 2.75) is 13.0 Å². The van der Waals surface area contributed by atoms with E-state index in [4.69, 9.17) is 4.74 Å². The molecular formula is C16H22IN3OS. The van der Waals surface area contributed by atoms with Gasteiger partial charge in [0.05, 0.1) is 13.2 Å². The maximum Gasteiger partial charge on any atom is 0.191 e. The highest BCUT2D eigenvalue weighted by Crippen LogP contribution is 2.08. The highest BCUT2D eigenvalue weighted by atomic mass is 127. The maximum absolute atomic E-state index is 5.64. The molecule has 0 bridgehead atoms. The SMILES string of the molecule is CN=C(NCCCOc1ccccc1)NCc1cccs1.I. The van der Waals surface area contributed by atoms with Gasteiger partial charge in [0.2, 0.25) is 0 Å². The molecule has 0 fully saturated rings. The molecule has 6 heteroatoms. The number of benzene rings is 1. The van der Waals surface area contributed by atoms with Crippen molar-refractivity contribution in [2.24, 2.45) is 4.99 Å². The fraction of sp³-hybridized carbons (Fsp3) is 0.312. The summed E-state index contributed by atoms with van der Waals surface area (Å²) in [7, 11) is 1.78. The molecule has 0 saturated carbocycles. The van der Waals surface area contributed by atoms with Crippen molar-refractivity contribution in [3.8, 4) is 5.75 Å². The molecule has 4 nitrogen and oxygen atoms in total. The molecule has 0 radical (unpaired) electrons. The second-order valence-corrected chi connectivity index (χ2v) is 5.48. The summed E-state index contributed by atoms with van der Waals surface area (Å²) < 4.78 is 5.64. The van der Waals surface area contributed by atoms with Gasteiger partial charge in [-0.25, -0.2) is 0 Å². The molecule has 120 valence electrons. The lowest BCUT2D eigenvalue weighted by Crippen LogP contribution is -2.37. The van der Waals surface area contributed by atoms with Gasteiger partial charge in [0, 0.05) is 18.5 Å². The van der Waals surface area contributed by atoms with Crippen LogP contribution in [0, 0.1) is 0 Å². The van der Waals surface area contributed by atoms with Gasteiger partial charge in [-0.05, 0) is 30.0 Å². The zero-order valence-corrected chi connectivity index (χ0v) is 15.8. The summed E-state index contributed by atoms with van der Waals surface area (Å²) in [6.07, 6.45) is 0.925. The van der Waals surface area contributed by atoms with E-state index in [2.05, 4.69) is 33.1 Å². The van der Waals surface area contributed by atoms with E-state index in [9.17, 15) is 0 Å². The third-order valence-corrected chi connectivity index (χ3v) is 3.74. The molecule has 0 aliphatic rings. The number of para-hydroxylation sites is 1. The number of hydrogen-bond donors (Lipinski definition) is 2. The molecule has 0 atom stereocenters. The zero-order chi connectivity index (χ0) is 14.8. The van der Waals surface area contributed by atoms with E-state index in [1.807, 2.05) is 30.3 Å². The number of hydrogen-bond acceptors (Lipinski definition) is 3. The summed E-state index contributed by atoms with van der Waals surface area (Å²) in [6.45, 7) is 2.33. The zero-order valence-electron chi connectivity index (χ0n) is 12.6. The molecule has 0 aliphatic carbocycles. The van der Waals surface area contributed by atoms with Crippen molar-refractivity contribution in [2.75, 3.05) is 20.2 Å². The van der Waals surface area contributed by atoms with Gasteiger partial charge in [0.25, 0.3) is 0 Å². The highest BCUT2D eigenvalue weighted by Gasteiger charge is 1.98. The van der Waals surface area contributed by atoms with E-state index in [0.717, 1.165) is 31.2 Å². The topological polar surface area (TPSA) is 45.7 Å². The summed E-state index contributed by atoms with van der Waals surface area (Å²) in [4.78, 5) is 5.50. The number of guanidine groups is 1. The van der Waals surface area contributed by atoms with Crippen LogP contribution in [0.5, 0.6) is 5.75 Å². The smallest absolute Gasteiger partial charge is 0.191 e. The van der Waals surface area contributed by atoms with Crippen LogP contribution in [0.3, 0.4) is 0 Å². The normalized spacial score (nSPS) is 10.7. The number of ether oxygens (including phenoxy) is 1. The first-order valence-electron chi connectivity index (χ1n) is 7.03. The van der Waals surface area contributed by atoms with Gasteiger partial charge in [-0.2, -0.15) is 0 Å². The third kappa shape index (κ3) is 7.13. The van der Waals surface area contributed by atoms with E-state index in [0.29, 0.717) is 6.61 Å². The second-order valence-electron chi connectivity index (χ2n) is 4.45. The molecule has 0 saturated heterocycles. The minimum absolute atomic E-state index is 0. The molecule has 1 aromatic heterocycles. The van der Waals surface area contributed by atoms with E-state index >= 15 is 0 Å². The fourth-order valence-electron chi connectivity index (χ4n) is 1.79. The largest absolute Gasteiger partial charge is 0.494 e. The van der Waals surface area contributed by atoms with Crippen molar-refractivity contribution in [3.05, 3.63) is 52.7 Å². The lowest BCUT2D eigenvalue weighted by Gasteiger charge is -2.11. The minimum Gasteiger partial charge on any atom is -0.494 e. The van der Waals surface area contributed by atoms with Gasteiger partial charge in [-0.3, -0.25) is 4.99 Å². The Morgan fingerprint density at radius 2 is 1.95 bits per heavy atom. The van der Waals surface area contributed by atoms with E-state index in [1.165, 1.54) is 4.88 Å². The Labute approximate surface area is 153 Å². The Morgan fingerprint density at radius 3 is 2.64 bits per heavy atom. The Hall–Kier alpha value is -1.28. The molecular weight excluding hydrogens is 409 g/mol. The molecule has 1 aromatic carbocycles. The maximum atomic E-state index is 5.64. The van der Waals surface area contributed by atoms with Crippen molar-refractivity contribution in [1.29, 1.82) is 0 Å². The van der Waals surface area contributed by atoms with Crippen LogP contribution >= 0.6 is 35.3 Å².